The average Bonchev–Trinajstić information content (AvgIpc) is 3.06. The van der Waals surface area contributed by atoms with E-state index < -0.39 is 10.0 Å². The minimum atomic E-state index is -3.86. The molecular weight excluding hydrogens is 410 g/mol. The van der Waals surface area contributed by atoms with Gasteiger partial charge in [0, 0.05) is 25.2 Å². The summed E-state index contributed by atoms with van der Waals surface area (Å²) in [5.74, 6) is -0.327. The lowest BCUT2D eigenvalue weighted by Crippen LogP contribution is -2.48. The van der Waals surface area contributed by atoms with E-state index in [4.69, 9.17) is 0 Å². The molecule has 2 aromatic rings. The molecule has 29 heavy (non-hydrogen) atoms. The second-order valence-electron chi connectivity index (χ2n) is 7.58. The fraction of sp³-hybridized carbons (Fsp3) is 0.381. The highest BCUT2D eigenvalue weighted by atomic mass is 35.5. The number of nitrogens with one attached hydrogen (secondary N) is 2. The van der Waals surface area contributed by atoms with E-state index in [9.17, 15) is 13.2 Å². The number of piperidine rings is 1. The summed E-state index contributed by atoms with van der Waals surface area (Å²) in [5, 5.41) is 6.61. The van der Waals surface area contributed by atoms with Crippen molar-refractivity contribution >= 4 is 34.0 Å². The van der Waals surface area contributed by atoms with Crippen LogP contribution in [0.4, 0.5) is 5.69 Å². The topological polar surface area (TPSA) is 78.5 Å². The number of hydrogen-bond acceptors (Lipinski definition) is 4. The van der Waals surface area contributed by atoms with Crippen molar-refractivity contribution in [1.29, 1.82) is 0 Å². The first-order valence-corrected chi connectivity index (χ1v) is 11.1. The van der Waals surface area contributed by atoms with E-state index in [1.165, 1.54) is 17.4 Å². The van der Waals surface area contributed by atoms with Gasteiger partial charge in [-0.1, -0.05) is 30.3 Å². The van der Waals surface area contributed by atoms with Crippen molar-refractivity contribution in [2.45, 2.75) is 48.7 Å². The summed E-state index contributed by atoms with van der Waals surface area (Å²) >= 11 is 0. The second-order valence-corrected chi connectivity index (χ2v) is 9.52. The minimum Gasteiger partial charge on any atom is -0.349 e. The van der Waals surface area contributed by atoms with E-state index in [2.05, 4.69) is 10.6 Å². The molecule has 2 unspecified atom stereocenters. The van der Waals surface area contributed by atoms with Gasteiger partial charge in [0.25, 0.3) is 15.9 Å². The lowest BCUT2D eigenvalue weighted by Gasteiger charge is -2.30. The molecule has 2 bridgehead atoms. The molecule has 0 aliphatic carbocycles. The van der Waals surface area contributed by atoms with Gasteiger partial charge in [-0.05, 0) is 49.9 Å². The Morgan fingerprint density at radius 1 is 1.00 bits per heavy atom. The Balaban J connectivity index is 0.00000240. The highest BCUT2D eigenvalue weighted by molar-refractivity contribution is 7.92. The summed E-state index contributed by atoms with van der Waals surface area (Å²) < 4.78 is 27.6. The molecule has 2 heterocycles. The van der Waals surface area contributed by atoms with Crippen molar-refractivity contribution in [3.8, 4) is 0 Å². The number of nitrogens with zero attached hydrogens (tertiary/aromatic N) is 1. The molecule has 2 aliphatic rings. The zero-order valence-electron chi connectivity index (χ0n) is 16.2. The van der Waals surface area contributed by atoms with Gasteiger partial charge in [0.1, 0.15) is 4.90 Å². The van der Waals surface area contributed by atoms with Crippen LogP contribution < -0.4 is 14.9 Å². The van der Waals surface area contributed by atoms with E-state index in [0.29, 0.717) is 17.8 Å². The van der Waals surface area contributed by atoms with Gasteiger partial charge in [0.2, 0.25) is 0 Å². The maximum atomic E-state index is 13.2. The Hall–Kier alpha value is -2.09. The van der Waals surface area contributed by atoms with Gasteiger partial charge in [-0.2, -0.15) is 0 Å². The number of carbonyl (C=O) groups excluding carboxylic acids is 1. The first-order valence-electron chi connectivity index (χ1n) is 9.65. The lowest BCUT2D eigenvalue weighted by atomic mass is 9.99. The molecule has 156 valence electrons. The van der Waals surface area contributed by atoms with E-state index in [1.54, 1.807) is 42.5 Å². The highest BCUT2D eigenvalue weighted by Crippen LogP contribution is 2.28. The number of carbonyl (C=O) groups is 1. The molecule has 2 saturated heterocycles. The number of fused-ring (bicyclic) bond motifs is 2. The molecular formula is C21H26ClN3O3S. The fourth-order valence-corrected chi connectivity index (χ4v) is 5.63. The van der Waals surface area contributed by atoms with Crippen LogP contribution in [0.2, 0.25) is 0 Å². The van der Waals surface area contributed by atoms with Crippen LogP contribution in [-0.2, 0) is 10.0 Å². The second kappa shape index (κ2) is 8.73. The largest absolute Gasteiger partial charge is 0.349 e. The van der Waals surface area contributed by atoms with Crippen LogP contribution >= 0.6 is 12.4 Å². The van der Waals surface area contributed by atoms with Crippen molar-refractivity contribution in [2.75, 3.05) is 11.4 Å². The predicted molar refractivity (Wildman–Crippen MR) is 116 cm³/mol. The number of hydrogen-bond donors (Lipinski definition) is 2. The van der Waals surface area contributed by atoms with Crippen LogP contribution in [-0.4, -0.2) is 39.5 Å². The SMILES string of the molecule is CN(c1ccccc1)S(=O)(=O)c1ccccc1C(=O)NC1CC2CCC(C1)N2.Cl. The average molecular weight is 436 g/mol. The van der Waals surface area contributed by atoms with Crippen LogP contribution in [0.25, 0.3) is 0 Å². The van der Waals surface area contributed by atoms with Gasteiger partial charge in [-0.25, -0.2) is 8.42 Å². The van der Waals surface area contributed by atoms with Crippen LogP contribution in [0.5, 0.6) is 0 Å². The first kappa shape index (κ1) is 21.6. The van der Waals surface area contributed by atoms with Crippen LogP contribution in [0, 0.1) is 0 Å². The molecule has 2 atom stereocenters. The van der Waals surface area contributed by atoms with E-state index in [1.807, 2.05) is 6.07 Å². The Bertz CT molecular complexity index is 956. The normalized spacial score (nSPS) is 23.1. The van der Waals surface area contributed by atoms with Gasteiger partial charge in [0.15, 0.2) is 0 Å². The molecule has 0 saturated carbocycles. The number of sulfonamides is 1. The summed E-state index contributed by atoms with van der Waals surface area (Å²) in [6, 6.07) is 16.3. The Kier molecular flexibility index (Phi) is 6.51. The molecule has 6 nitrogen and oxygen atoms in total. The third-order valence-electron chi connectivity index (χ3n) is 5.70. The smallest absolute Gasteiger partial charge is 0.264 e. The van der Waals surface area contributed by atoms with Gasteiger partial charge < -0.3 is 10.6 Å². The quantitative estimate of drug-likeness (QED) is 0.756. The Morgan fingerprint density at radius 3 is 2.24 bits per heavy atom. The highest BCUT2D eigenvalue weighted by Gasteiger charge is 2.35. The zero-order chi connectivity index (χ0) is 19.7. The number of halogens is 1. The molecule has 8 heteroatoms. The monoisotopic (exact) mass is 435 g/mol. The number of rotatable bonds is 5. The fourth-order valence-electron chi connectivity index (χ4n) is 4.24. The van der Waals surface area contributed by atoms with Crippen molar-refractivity contribution in [3.63, 3.8) is 0 Å². The molecule has 2 N–H and O–H groups in total. The van der Waals surface area contributed by atoms with Gasteiger partial charge in [0.05, 0.1) is 11.3 Å². The van der Waals surface area contributed by atoms with Gasteiger partial charge >= 0.3 is 0 Å². The third kappa shape index (κ3) is 4.42. The van der Waals surface area contributed by atoms with Crippen molar-refractivity contribution in [3.05, 3.63) is 60.2 Å². The summed E-state index contributed by atoms with van der Waals surface area (Å²) in [6.07, 6.45) is 4.07. The minimum absolute atomic E-state index is 0. The first-order chi connectivity index (χ1) is 13.4. The number of benzene rings is 2. The van der Waals surface area contributed by atoms with Crippen LogP contribution in [0.15, 0.2) is 59.5 Å². The zero-order valence-corrected chi connectivity index (χ0v) is 17.9. The molecule has 2 aliphatic heterocycles. The summed E-state index contributed by atoms with van der Waals surface area (Å²) in [7, 11) is -2.35. The molecule has 2 aromatic carbocycles. The summed E-state index contributed by atoms with van der Waals surface area (Å²) in [5.41, 5.74) is 0.740. The molecule has 0 aromatic heterocycles. The van der Waals surface area contributed by atoms with Crippen molar-refractivity contribution < 1.29 is 13.2 Å². The van der Waals surface area contributed by atoms with Gasteiger partial charge in [-0.15, -0.1) is 12.4 Å². The molecule has 0 spiro atoms. The van der Waals surface area contributed by atoms with Gasteiger partial charge in [-0.3, -0.25) is 9.10 Å². The van der Waals surface area contributed by atoms with Crippen molar-refractivity contribution in [1.82, 2.24) is 10.6 Å². The van der Waals surface area contributed by atoms with Crippen molar-refractivity contribution in [2.24, 2.45) is 0 Å². The third-order valence-corrected chi connectivity index (χ3v) is 7.54. The molecule has 0 radical (unpaired) electrons. The molecule has 2 fully saturated rings. The summed E-state index contributed by atoms with van der Waals surface area (Å²) in [6.45, 7) is 0. The van der Waals surface area contributed by atoms with E-state index in [0.717, 1.165) is 25.7 Å². The molecule has 4 rings (SSSR count). The predicted octanol–water partition coefficient (Wildman–Crippen LogP) is 2.95. The maximum absolute atomic E-state index is 13.2. The molecule has 1 amide bonds. The Morgan fingerprint density at radius 2 is 1.59 bits per heavy atom. The number of anilines is 1. The maximum Gasteiger partial charge on any atom is 0.264 e. The van der Waals surface area contributed by atoms with Crippen LogP contribution in [0.3, 0.4) is 0 Å². The van der Waals surface area contributed by atoms with E-state index >= 15 is 0 Å². The summed E-state index contributed by atoms with van der Waals surface area (Å²) in [4.78, 5) is 13.0. The standard InChI is InChI=1S/C21H25N3O3S.ClH/c1-24(18-7-3-2-4-8-18)28(26,27)20-10-6-5-9-19(20)21(25)23-17-13-15-11-12-16(14-17)22-15;/h2-10,15-17,22H,11-14H2,1H3,(H,23,25);1H. The van der Waals surface area contributed by atoms with Crippen LogP contribution in [0.1, 0.15) is 36.0 Å². The number of para-hydroxylation sites is 1. The number of amides is 1. The lowest BCUT2D eigenvalue weighted by molar-refractivity contribution is 0.0920. The Labute approximate surface area is 178 Å². The van der Waals surface area contributed by atoms with E-state index in [-0.39, 0.29) is 34.8 Å².